The number of aromatic hydroxyl groups is 1. The average Bonchev–Trinajstić information content (AvgIpc) is 3.44. The lowest BCUT2D eigenvalue weighted by Gasteiger charge is -2.27. The molecule has 2 aromatic heterocycles. The van der Waals surface area contributed by atoms with Crippen molar-refractivity contribution in [2.75, 3.05) is 13.7 Å². The Morgan fingerprint density at radius 1 is 1.18 bits per heavy atom. The fraction of sp³-hybridized carbons (Fsp3) is 0.276. The van der Waals surface area contributed by atoms with E-state index >= 15 is 0 Å². The number of carbonyl (C=O) groups excluding carboxylic acids is 1. The molecule has 2 aromatic carbocycles. The standard InChI is InChI=1S/C29H29ClN4O4/c1-16(2)15-38-23-8-7-19(11-24(23)37-4)28-25-26(20-12-21(30)17(3)10-22(20)35)32-33-27(25)29(36)34(28)14-18-6-5-9-31-13-18/h5-13,16,28,35H,14-15H2,1-4H3,(H,32,33). The number of phenolic OH excluding ortho intramolecular Hbond substituents is 1. The zero-order valence-corrected chi connectivity index (χ0v) is 22.4. The van der Waals surface area contributed by atoms with Crippen molar-refractivity contribution in [3.8, 4) is 28.5 Å². The molecule has 8 nitrogen and oxygen atoms in total. The smallest absolute Gasteiger partial charge is 0.273 e. The summed E-state index contributed by atoms with van der Waals surface area (Å²) < 4.78 is 11.6. The Kier molecular flexibility index (Phi) is 6.99. The Labute approximate surface area is 226 Å². The van der Waals surface area contributed by atoms with E-state index in [1.54, 1.807) is 36.5 Å². The molecule has 3 heterocycles. The molecule has 1 unspecified atom stereocenters. The van der Waals surface area contributed by atoms with Gasteiger partial charge in [0.1, 0.15) is 17.1 Å². The number of phenols is 1. The maximum absolute atomic E-state index is 13.7. The first-order valence-corrected chi connectivity index (χ1v) is 12.7. The summed E-state index contributed by atoms with van der Waals surface area (Å²) in [5.41, 5.74) is 4.38. The zero-order valence-electron chi connectivity index (χ0n) is 21.7. The molecule has 0 aliphatic carbocycles. The molecule has 4 aromatic rings. The maximum atomic E-state index is 13.7. The molecule has 0 spiro atoms. The molecule has 5 rings (SSSR count). The van der Waals surface area contributed by atoms with Gasteiger partial charge in [-0.1, -0.05) is 37.6 Å². The van der Waals surface area contributed by atoms with E-state index in [0.717, 1.165) is 16.7 Å². The Morgan fingerprint density at radius 3 is 2.71 bits per heavy atom. The van der Waals surface area contributed by atoms with E-state index in [9.17, 15) is 9.90 Å². The molecule has 0 saturated carbocycles. The average molecular weight is 533 g/mol. The first kappa shape index (κ1) is 25.6. The largest absolute Gasteiger partial charge is 0.507 e. The molecular formula is C29H29ClN4O4. The van der Waals surface area contributed by atoms with Crippen molar-refractivity contribution in [2.45, 2.75) is 33.4 Å². The highest BCUT2D eigenvalue weighted by Gasteiger charge is 2.43. The number of hydrogen-bond donors (Lipinski definition) is 2. The number of aromatic amines is 1. The highest BCUT2D eigenvalue weighted by Crippen LogP contribution is 2.47. The van der Waals surface area contributed by atoms with Gasteiger partial charge in [0.15, 0.2) is 11.5 Å². The Hall–Kier alpha value is -4.04. The summed E-state index contributed by atoms with van der Waals surface area (Å²) >= 11 is 6.42. The number of halogens is 1. The van der Waals surface area contributed by atoms with Crippen LogP contribution in [0.1, 0.15) is 52.6 Å². The van der Waals surface area contributed by atoms with E-state index in [2.05, 4.69) is 29.0 Å². The van der Waals surface area contributed by atoms with Gasteiger partial charge in [0, 0.05) is 35.1 Å². The second-order valence-corrected chi connectivity index (χ2v) is 10.2. The summed E-state index contributed by atoms with van der Waals surface area (Å²) in [4.78, 5) is 19.7. The van der Waals surface area contributed by atoms with Gasteiger partial charge in [-0.15, -0.1) is 0 Å². The quantitative estimate of drug-likeness (QED) is 0.292. The van der Waals surface area contributed by atoms with Crippen LogP contribution < -0.4 is 9.47 Å². The van der Waals surface area contributed by atoms with Gasteiger partial charge in [0.25, 0.3) is 5.91 Å². The number of nitrogens with one attached hydrogen (secondary N) is 1. The van der Waals surface area contributed by atoms with Gasteiger partial charge in [-0.2, -0.15) is 5.10 Å². The molecule has 1 atom stereocenters. The number of nitrogens with zero attached hydrogens (tertiary/aromatic N) is 3. The highest BCUT2D eigenvalue weighted by molar-refractivity contribution is 6.31. The van der Waals surface area contributed by atoms with E-state index in [-0.39, 0.29) is 11.7 Å². The van der Waals surface area contributed by atoms with Crippen molar-refractivity contribution >= 4 is 17.5 Å². The van der Waals surface area contributed by atoms with Crippen LogP contribution in [0.25, 0.3) is 11.3 Å². The van der Waals surface area contributed by atoms with Crippen molar-refractivity contribution in [3.05, 3.63) is 87.8 Å². The van der Waals surface area contributed by atoms with E-state index in [4.69, 9.17) is 21.1 Å². The number of pyridine rings is 1. The third-order valence-electron chi connectivity index (χ3n) is 6.55. The van der Waals surface area contributed by atoms with Crippen LogP contribution in [0.4, 0.5) is 0 Å². The topological polar surface area (TPSA) is 101 Å². The molecule has 1 aliphatic rings. The first-order chi connectivity index (χ1) is 18.3. The number of ether oxygens (including phenoxy) is 2. The Morgan fingerprint density at radius 2 is 2.00 bits per heavy atom. The number of fused-ring (bicyclic) bond motifs is 1. The molecular weight excluding hydrogens is 504 g/mol. The van der Waals surface area contributed by atoms with Crippen LogP contribution >= 0.6 is 11.6 Å². The monoisotopic (exact) mass is 532 g/mol. The van der Waals surface area contributed by atoms with E-state index in [1.807, 2.05) is 37.3 Å². The SMILES string of the molecule is COc1cc(C2c3c(-c4cc(Cl)c(C)cc4O)n[nH]c3C(=O)N2Cc2cccnc2)ccc1OCC(C)C. The van der Waals surface area contributed by atoms with Crippen LogP contribution in [-0.4, -0.2) is 44.8 Å². The number of rotatable bonds is 8. The summed E-state index contributed by atoms with van der Waals surface area (Å²) in [6.45, 7) is 6.85. The lowest BCUT2D eigenvalue weighted by molar-refractivity contribution is 0.0729. The van der Waals surface area contributed by atoms with Gasteiger partial charge in [-0.05, 0) is 59.9 Å². The van der Waals surface area contributed by atoms with Crippen molar-refractivity contribution in [2.24, 2.45) is 5.92 Å². The summed E-state index contributed by atoms with van der Waals surface area (Å²) in [5, 5.41) is 18.7. The highest BCUT2D eigenvalue weighted by atomic mass is 35.5. The van der Waals surface area contributed by atoms with Crippen molar-refractivity contribution < 1.29 is 19.4 Å². The maximum Gasteiger partial charge on any atom is 0.273 e. The van der Waals surface area contributed by atoms with Gasteiger partial charge in [-0.3, -0.25) is 14.9 Å². The van der Waals surface area contributed by atoms with Gasteiger partial charge in [0.05, 0.1) is 19.8 Å². The zero-order chi connectivity index (χ0) is 27.0. The summed E-state index contributed by atoms with van der Waals surface area (Å²) in [7, 11) is 1.59. The van der Waals surface area contributed by atoms with Crippen molar-refractivity contribution in [1.29, 1.82) is 0 Å². The predicted molar refractivity (Wildman–Crippen MR) is 145 cm³/mol. The van der Waals surface area contributed by atoms with E-state index < -0.39 is 6.04 Å². The number of carbonyl (C=O) groups is 1. The first-order valence-electron chi connectivity index (χ1n) is 12.4. The normalized spacial score (nSPS) is 14.7. The van der Waals surface area contributed by atoms with Crippen LogP contribution in [0, 0.1) is 12.8 Å². The summed E-state index contributed by atoms with van der Waals surface area (Å²) in [5.74, 6) is 1.38. The predicted octanol–water partition coefficient (Wildman–Crippen LogP) is 5.93. The number of amides is 1. The molecule has 0 bridgehead atoms. The third-order valence-corrected chi connectivity index (χ3v) is 6.95. The Balaban J connectivity index is 1.65. The van der Waals surface area contributed by atoms with Crippen LogP contribution in [0.5, 0.6) is 17.2 Å². The summed E-state index contributed by atoms with van der Waals surface area (Å²) in [6.07, 6.45) is 3.44. The number of hydrogen-bond acceptors (Lipinski definition) is 6. The van der Waals surface area contributed by atoms with Crippen LogP contribution in [0.2, 0.25) is 5.02 Å². The number of benzene rings is 2. The molecule has 1 aliphatic heterocycles. The second kappa shape index (κ2) is 10.4. The fourth-order valence-corrected chi connectivity index (χ4v) is 4.85. The number of aromatic nitrogens is 3. The molecule has 0 radical (unpaired) electrons. The molecule has 0 fully saturated rings. The molecule has 0 saturated heterocycles. The molecule has 196 valence electrons. The number of aryl methyl sites for hydroxylation is 1. The van der Waals surface area contributed by atoms with E-state index in [1.165, 1.54) is 0 Å². The van der Waals surface area contributed by atoms with Gasteiger partial charge < -0.3 is 19.5 Å². The minimum Gasteiger partial charge on any atom is -0.507 e. The molecule has 2 N–H and O–H groups in total. The van der Waals surface area contributed by atoms with Gasteiger partial charge in [-0.25, -0.2) is 0 Å². The summed E-state index contributed by atoms with van der Waals surface area (Å²) in [6, 6.07) is 12.2. The number of H-pyrrole nitrogens is 1. The van der Waals surface area contributed by atoms with Crippen LogP contribution in [0.3, 0.4) is 0 Å². The lowest BCUT2D eigenvalue weighted by Crippen LogP contribution is -2.29. The van der Waals surface area contributed by atoms with Gasteiger partial charge in [0.2, 0.25) is 0 Å². The van der Waals surface area contributed by atoms with Crippen LogP contribution in [-0.2, 0) is 6.54 Å². The third kappa shape index (κ3) is 4.67. The van der Waals surface area contributed by atoms with Gasteiger partial charge >= 0.3 is 0 Å². The Bertz CT molecular complexity index is 1490. The minimum atomic E-state index is -0.515. The molecule has 9 heteroatoms. The second-order valence-electron chi connectivity index (χ2n) is 9.79. The van der Waals surface area contributed by atoms with E-state index in [0.29, 0.717) is 58.1 Å². The minimum absolute atomic E-state index is 0.0353. The van der Waals surface area contributed by atoms with Crippen LogP contribution in [0.15, 0.2) is 54.9 Å². The fourth-order valence-electron chi connectivity index (χ4n) is 4.69. The lowest BCUT2D eigenvalue weighted by atomic mass is 9.95. The number of methoxy groups -OCH3 is 1. The van der Waals surface area contributed by atoms with Crippen molar-refractivity contribution in [1.82, 2.24) is 20.1 Å². The van der Waals surface area contributed by atoms with Crippen molar-refractivity contribution in [3.63, 3.8) is 0 Å². The molecule has 38 heavy (non-hydrogen) atoms. The molecule has 1 amide bonds.